The van der Waals surface area contributed by atoms with Crippen LogP contribution in [-0.4, -0.2) is 35.3 Å². The second-order valence-corrected chi connectivity index (χ2v) is 5.20. The molecule has 1 rings (SSSR count). The minimum Gasteiger partial charge on any atom is -0.352 e. The van der Waals surface area contributed by atoms with E-state index < -0.39 is 0 Å². The molecule has 4 nitrogen and oxygen atoms in total. The Morgan fingerprint density at radius 3 is 2.64 bits per heavy atom. The summed E-state index contributed by atoms with van der Waals surface area (Å²) in [6.07, 6.45) is 1.38. The molecule has 14 heavy (non-hydrogen) atoms. The highest BCUT2D eigenvalue weighted by Gasteiger charge is 2.24. The highest BCUT2D eigenvalue weighted by Crippen LogP contribution is 2.18. The number of hydrogen-bond acceptors (Lipinski definition) is 3. The van der Waals surface area contributed by atoms with Crippen molar-refractivity contribution in [1.82, 2.24) is 10.4 Å². The van der Waals surface area contributed by atoms with Gasteiger partial charge in [-0.1, -0.05) is 20.8 Å². The summed E-state index contributed by atoms with van der Waals surface area (Å²) < 4.78 is 0. The van der Waals surface area contributed by atoms with Crippen molar-refractivity contribution in [1.29, 1.82) is 0 Å². The van der Waals surface area contributed by atoms with Crippen LogP contribution in [-0.2, 0) is 4.79 Å². The van der Waals surface area contributed by atoms with Gasteiger partial charge in [0.2, 0.25) is 5.91 Å². The lowest BCUT2D eigenvalue weighted by molar-refractivity contribution is -0.123. The van der Waals surface area contributed by atoms with E-state index in [1.54, 1.807) is 0 Å². The molecule has 1 aliphatic rings. The van der Waals surface area contributed by atoms with Gasteiger partial charge in [0.25, 0.3) is 0 Å². The van der Waals surface area contributed by atoms with Crippen LogP contribution in [0.1, 0.15) is 33.6 Å². The van der Waals surface area contributed by atoms with E-state index in [-0.39, 0.29) is 17.4 Å². The fraction of sp³-hybridized carbons (Fsp3) is 0.900. The minimum atomic E-state index is 0.0294. The van der Waals surface area contributed by atoms with E-state index in [0.717, 1.165) is 6.42 Å². The molecule has 0 aromatic carbocycles. The maximum absolute atomic E-state index is 11.5. The zero-order valence-electron chi connectivity index (χ0n) is 9.21. The Labute approximate surface area is 85.2 Å². The lowest BCUT2D eigenvalue weighted by Crippen LogP contribution is -2.38. The van der Waals surface area contributed by atoms with Crippen LogP contribution < -0.4 is 5.32 Å². The predicted octanol–water partition coefficient (Wildman–Crippen LogP) is 1.00. The Kier molecular flexibility index (Phi) is 3.50. The molecule has 1 amide bonds. The summed E-state index contributed by atoms with van der Waals surface area (Å²) in [5.74, 6) is 0.0813. The monoisotopic (exact) mass is 200 g/mol. The van der Waals surface area contributed by atoms with Crippen molar-refractivity contribution in [2.24, 2.45) is 5.41 Å². The summed E-state index contributed by atoms with van der Waals surface area (Å²) in [6.45, 7) is 7.33. The van der Waals surface area contributed by atoms with Gasteiger partial charge >= 0.3 is 0 Å². The largest absolute Gasteiger partial charge is 0.352 e. The van der Waals surface area contributed by atoms with Crippen LogP contribution in [0.3, 0.4) is 0 Å². The highest BCUT2D eigenvalue weighted by molar-refractivity contribution is 5.76. The third-order valence-electron chi connectivity index (χ3n) is 2.22. The Balaban J connectivity index is 2.27. The summed E-state index contributed by atoms with van der Waals surface area (Å²) in [4.78, 5) is 11.5. The molecule has 1 aliphatic heterocycles. The fourth-order valence-corrected chi connectivity index (χ4v) is 1.62. The number of nitrogens with zero attached hydrogens (tertiary/aromatic N) is 1. The number of nitrogens with one attached hydrogen (secondary N) is 1. The SMILES string of the molecule is CC(C)(C)CC(=O)NC1CCN(O)C1. The molecule has 0 spiro atoms. The lowest BCUT2D eigenvalue weighted by atomic mass is 9.92. The first-order valence-electron chi connectivity index (χ1n) is 5.10. The normalized spacial score (nSPS) is 23.9. The van der Waals surface area contributed by atoms with Gasteiger partial charge in [0.1, 0.15) is 0 Å². The molecule has 82 valence electrons. The number of rotatable bonds is 2. The Hall–Kier alpha value is -0.610. The highest BCUT2D eigenvalue weighted by atomic mass is 16.5. The van der Waals surface area contributed by atoms with E-state index in [1.807, 2.05) is 20.8 Å². The Bertz CT molecular complexity index is 211. The molecule has 4 heteroatoms. The first kappa shape index (κ1) is 11.5. The molecule has 1 atom stereocenters. The molecule has 1 fully saturated rings. The van der Waals surface area contributed by atoms with Crippen molar-refractivity contribution < 1.29 is 10.0 Å². The van der Waals surface area contributed by atoms with Crippen molar-refractivity contribution in [3.05, 3.63) is 0 Å². The van der Waals surface area contributed by atoms with Gasteiger partial charge in [-0.05, 0) is 11.8 Å². The quantitative estimate of drug-likeness (QED) is 0.699. The predicted molar refractivity (Wildman–Crippen MR) is 54.0 cm³/mol. The first-order valence-corrected chi connectivity index (χ1v) is 5.10. The number of hydrogen-bond donors (Lipinski definition) is 2. The second kappa shape index (κ2) is 4.28. The molecule has 0 aromatic heterocycles. The van der Waals surface area contributed by atoms with Crippen molar-refractivity contribution in [3.8, 4) is 0 Å². The van der Waals surface area contributed by atoms with E-state index in [0.29, 0.717) is 19.5 Å². The van der Waals surface area contributed by atoms with Crippen LogP contribution in [0.15, 0.2) is 0 Å². The summed E-state index contributed by atoms with van der Waals surface area (Å²) in [5, 5.41) is 13.3. The van der Waals surface area contributed by atoms with E-state index in [9.17, 15) is 4.79 Å². The van der Waals surface area contributed by atoms with Crippen LogP contribution in [0.4, 0.5) is 0 Å². The van der Waals surface area contributed by atoms with Crippen molar-refractivity contribution in [2.75, 3.05) is 13.1 Å². The fourth-order valence-electron chi connectivity index (χ4n) is 1.62. The van der Waals surface area contributed by atoms with Gasteiger partial charge in [-0.3, -0.25) is 4.79 Å². The molecule has 2 N–H and O–H groups in total. The molecule has 0 radical (unpaired) electrons. The molecule has 1 heterocycles. The van der Waals surface area contributed by atoms with Gasteiger partial charge in [-0.25, -0.2) is 0 Å². The van der Waals surface area contributed by atoms with Crippen LogP contribution in [0.5, 0.6) is 0 Å². The maximum atomic E-state index is 11.5. The molecular weight excluding hydrogens is 180 g/mol. The molecule has 1 unspecified atom stereocenters. The smallest absolute Gasteiger partial charge is 0.220 e. The third-order valence-corrected chi connectivity index (χ3v) is 2.22. The number of amides is 1. The lowest BCUT2D eigenvalue weighted by Gasteiger charge is -2.19. The molecule has 0 aromatic rings. The Morgan fingerprint density at radius 1 is 1.57 bits per heavy atom. The average molecular weight is 200 g/mol. The molecular formula is C10H20N2O2. The van der Waals surface area contributed by atoms with Gasteiger partial charge in [-0.2, -0.15) is 5.06 Å². The third kappa shape index (κ3) is 4.07. The minimum absolute atomic E-state index is 0.0294. The molecule has 0 bridgehead atoms. The van der Waals surface area contributed by atoms with E-state index >= 15 is 0 Å². The van der Waals surface area contributed by atoms with Gasteiger partial charge < -0.3 is 10.5 Å². The van der Waals surface area contributed by atoms with Crippen LogP contribution in [0.2, 0.25) is 0 Å². The van der Waals surface area contributed by atoms with E-state index in [2.05, 4.69) is 5.32 Å². The van der Waals surface area contributed by atoms with Crippen LogP contribution in [0, 0.1) is 5.41 Å². The summed E-state index contributed by atoms with van der Waals surface area (Å²) in [5.41, 5.74) is 0.0294. The van der Waals surface area contributed by atoms with E-state index in [1.165, 1.54) is 5.06 Å². The van der Waals surface area contributed by atoms with Crippen LogP contribution in [0.25, 0.3) is 0 Å². The van der Waals surface area contributed by atoms with Gasteiger partial charge in [0.15, 0.2) is 0 Å². The van der Waals surface area contributed by atoms with Crippen LogP contribution >= 0.6 is 0 Å². The number of carbonyl (C=O) groups is 1. The summed E-state index contributed by atoms with van der Waals surface area (Å²) in [6, 6.07) is 0.120. The number of hydroxylamine groups is 2. The van der Waals surface area contributed by atoms with E-state index in [4.69, 9.17) is 5.21 Å². The standard InChI is InChI=1S/C10H20N2O2/c1-10(2,3)6-9(13)11-8-4-5-12(14)7-8/h8,14H,4-7H2,1-3H3,(H,11,13). The number of carbonyl (C=O) groups excluding carboxylic acids is 1. The summed E-state index contributed by atoms with van der Waals surface area (Å²) >= 11 is 0. The van der Waals surface area contributed by atoms with Gasteiger partial charge in [0.05, 0.1) is 0 Å². The molecule has 0 aliphatic carbocycles. The molecule has 0 saturated carbocycles. The van der Waals surface area contributed by atoms with Gasteiger partial charge in [0, 0.05) is 25.6 Å². The van der Waals surface area contributed by atoms with Crippen molar-refractivity contribution in [3.63, 3.8) is 0 Å². The summed E-state index contributed by atoms with van der Waals surface area (Å²) in [7, 11) is 0. The average Bonchev–Trinajstić information content (AvgIpc) is 2.30. The maximum Gasteiger partial charge on any atom is 0.220 e. The van der Waals surface area contributed by atoms with Crippen molar-refractivity contribution in [2.45, 2.75) is 39.7 Å². The zero-order valence-corrected chi connectivity index (χ0v) is 9.21. The Morgan fingerprint density at radius 2 is 2.21 bits per heavy atom. The van der Waals surface area contributed by atoms with Gasteiger partial charge in [-0.15, -0.1) is 0 Å². The first-order chi connectivity index (χ1) is 6.37. The second-order valence-electron chi connectivity index (χ2n) is 5.20. The topological polar surface area (TPSA) is 52.6 Å². The van der Waals surface area contributed by atoms with Crippen molar-refractivity contribution >= 4 is 5.91 Å². The zero-order chi connectivity index (χ0) is 10.8. The molecule has 1 saturated heterocycles.